The maximum Gasteiger partial charge on any atom is 0.161 e. The lowest BCUT2D eigenvalue weighted by molar-refractivity contribution is 0.296. The van der Waals surface area contributed by atoms with E-state index in [0.717, 1.165) is 55.0 Å². The van der Waals surface area contributed by atoms with Gasteiger partial charge < -0.3 is 9.47 Å². The molecule has 0 radical (unpaired) electrons. The predicted molar refractivity (Wildman–Crippen MR) is 111 cm³/mol. The van der Waals surface area contributed by atoms with Gasteiger partial charge in [0.05, 0.1) is 18.7 Å². The summed E-state index contributed by atoms with van der Waals surface area (Å²) in [5, 5.41) is 11.0. The van der Waals surface area contributed by atoms with Gasteiger partial charge >= 0.3 is 0 Å². The Morgan fingerprint density at radius 2 is 1.50 bits per heavy atom. The molecule has 5 heteroatoms. The molecule has 2 heterocycles. The quantitative estimate of drug-likeness (QED) is 0.665. The molecule has 1 aromatic heterocycles. The van der Waals surface area contributed by atoms with Crippen LogP contribution in [0.4, 0.5) is 0 Å². The van der Waals surface area contributed by atoms with Crippen LogP contribution >= 0.6 is 0 Å². The summed E-state index contributed by atoms with van der Waals surface area (Å²) in [5.41, 5.74) is 4.60. The fraction of sp³-hybridized carbons (Fsp3) is 0.478. The summed E-state index contributed by atoms with van der Waals surface area (Å²) in [6, 6.07) is 12.8. The molecule has 5 nitrogen and oxygen atoms in total. The first-order valence-electron chi connectivity index (χ1n) is 10.1. The number of ether oxygens (including phenoxy) is 2. The lowest BCUT2D eigenvalue weighted by Gasteiger charge is -2.32. The zero-order valence-corrected chi connectivity index (χ0v) is 17.2. The van der Waals surface area contributed by atoms with Crippen molar-refractivity contribution in [2.24, 2.45) is 0 Å². The Bertz CT molecular complexity index is 975. The smallest absolute Gasteiger partial charge is 0.161 e. The molecule has 0 spiro atoms. The zero-order chi connectivity index (χ0) is 19.8. The van der Waals surface area contributed by atoms with Crippen LogP contribution in [-0.4, -0.2) is 28.6 Å². The van der Waals surface area contributed by atoms with Crippen molar-refractivity contribution in [2.75, 3.05) is 13.2 Å². The Balaban J connectivity index is 1.51. The largest absolute Gasteiger partial charge is 0.490 e. The summed E-state index contributed by atoms with van der Waals surface area (Å²) in [5.74, 6) is 1.73. The van der Waals surface area contributed by atoms with Crippen LogP contribution in [0.1, 0.15) is 58.1 Å². The average Bonchev–Trinajstić information content (AvgIpc) is 3.02. The molecule has 0 unspecified atom stereocenters. The van der Waals surface area contributed by atoms with E-state index in [9.17, 15) is 0 Å². The minimum Gasteiger partial charge on any atom is -0.490 e. The molecule has 3 aromatic rings. The fourth-order valence-corrected chi connectivity index (χ4v) is 3.76. The zero-order valence-electron chi connectivity index (χ0n) is 17.2. The second kappa shape index (κ2) is 7.12. The number of hydrogen-bond acceptors (Lipinski definition) is 4. The number of nitrogens with zero attached hydrogens (tertiary/aromatic N) is 2. The number of aromatic amines is 1. The van der Waals surface area contributed by atoms with Gasteiger partial charge in [0.1, 0.15) is 5.52 Å². The number of benzene rings is 2. The highest BCUT2D eigenvalue weighted by atomic mass is 16.5. The Kier molecular flexibility index (Phi) is 4.77. The third-order valence-corrected chi connectivity index (χ3v) is 6.01. The monoisotopic (exact) mass is 379 g/mol. The van der Waals surface area contributed by atoms with Crippen molar-refractivity contribution < 1.29 is 9.47 Å². The molecule has 148 valence electrons. The van der Waals surface area contributed by atoms with Crippen LogP contribution in [0.2, 0.25) is 0 Å². The van der Waals surface area contributed by atoms with Crippen LogP contribution in [0.15, 0.2) is 36.4 Å². The number of H-pyrrole nitrogens is 1. The van der Waals surface area contributed by atoms with Crippen molar-refractivity contribution in [1.82, 2.24) is 15.4 Å². The molecule has 2 aromatic carbocycles. The van der Waals surface area contributed by atoms with Crippen molar-refractivity contribution in [3.63, 3.8) is 0 Å². The van der Waals surface area contributed by atoms with Crippen LogP contribution in [-0.2, 0) is 10.8 Å². The van der Waals surface area contributed by atoms with Crippen LogP contribution in [0.25, 0.3) is 11.0 Å². The standard InChI is InChI=1S/C23H29N3O2/c1-22(2,16-6-8-18-19(14-16)25-26-24-18)10-11-23(3,4)17-7-9-20-21(15-17)28-13-5-12-27-20/h6-9,14-15H,5,10-13H2,1-4H3,(H,24,25,26). The van der Waals surface area contributed by atoms with Gasteiger partial charge in [-0.05, 0) is 59.1 Å². The molecule has 0 bridgehead atoms. The number of rotatable bonds is 5. The molecular formula is C23H29N3O2. The van der Waals surface area contributed by atoms with E-state index in [2.05, 4.69) is 73.4 Å². The van der Waals surface area contributed by atoms with E-state index in [0.29, 0.717) is 0 Å². The molecule has 4 rings (SSSR count). The van der Waals surface area contributed by atoms with Crippen LogP contribution in [0.5, 0.6) is 11.5 Å². The summed E-state index contributed by atoms with van der Waals surface area (Å²) in [6.07, 6.45) is 3.07. The molecule has 1 N–H and O–H groups in total. The van der Waals surface area contributed by atoms with Gasteiger partial charge in [-0.2, -0.15) is 0 Å². The minimum atomic E-state index is 0.0433. The Hall–Kier alpha value is -2.56. The topological polar surface area (TPSA) is 60.0 Å². The van der Waals surface area contributed by atoms with Crippen molar-refractivity contribution in [3.05, 3.63) is 47.5 Å². The summed E-state index contributed by atoms with van der Waals surface area (Å²) in [7, 11) is 0. The van der Waals surface area contributed by atoms with Gasteiger partial charge in [0.15, 0.2) is 11.5 Å². The lowest BCUT2D eigenvalue weighted by atomic mass is 9.73. The van der Waals surface area contributed by atoms with E-state index in [1.165, 1.54) is 11.1 Å². The number of nitrogens with one attached hydrogen (secondary N) is 1. The van der Waals surface area contributed by atoms with Gasteiger partial charge in [0.2, 0.25) is 0 Å². The molecule has 0 saturated carbocycles. The summed E-state index contributed by atoms with van der Waals surface area (Å²) < 4.78 is 11.7. The van der Waals surface area contributed by atoms with E-state index in [4.69, 9.17) is 9.47 Å². The third kappa shape index (κ3) is 3.71. The molecular weight excluding hydrogens is 350 g/mol. The minimum absolute atomic E-state index is 0.0433. The van der Waals surface area contributed by atoms with E-state index in [1.807, 2.05) is 6.07 Å². The molecule has 1 aliphatic rings. The highest BCUT2D eigenvalue weighted by Gasteiger charge is 2.28. The molecule has 0 amide bonds. The Labute approximate surface area is 166 Å². The van der Waals surface area contributed by atoms with E-state index in [1.54, 1.807) is 0 Å². The van der Waals surface area contributed by atoms with Crippen molar-refractivity contribution >= 4 is 11.0 Å². The van der Waals surface area contributed by atoms with Gasteiger partial charge in [-0.1, -0.05) is 45.0 Å². The molecule has 0 atom stereocenters. The van der Waals surface area contributed by atoms with Crippen LogP contribution in [0, 0.1) is 0 Å². The lowest BCUT2D eigenvalue weighted by Crippen LogP contribution is -2.24. The van der Waals surface area contributed by atoms with Crippen molar-refractivity contribution in [2.45, 2.75) is 57.8 Å². The van der Waals surface area contributed by atoms with E-state index >= 15 is 0 Å². The highest BCUT2D eigenvalue weighted by molar-refractivity contribution is 5.74. The van der Waals surface area contributed by atoms with Gasteiger partial charge in [0, 0.05) is 6.42 Å². The summed E-state index contributed by atoms with van der Waals surface area (Å²) in [4.78, 5) is 0. The van der Waals surface area contributed by atoms with Crippen molar-refractivity contribution in [3.8, 4) is 11.5 Å². The Morgan fingerprint density at radius 3 is 2.25 bits per heavy atom. The second-order valence-electron chi connectivity index (χ2n) is 9.02. The van der Waals surface area contributed by atoms with Gasteiger partial charge in [0.25, 0.3) is 0 Å². The normalized spacial score (nSPS) is 14.9. The predicted octanol–water partition coefficient (Wildman–Crippen LogP) is 5.15. The highest BCUT2D eigenvalue weighted by Crippen LogP contribution is 2.39. The van der Waals surface area contributed by atoms with Gasteiger partial charge in [-0.25, -0.2) is 0 Å². The first-order valence-corrected chi connectivity index (χ1v) is 10.1. The summed E-state index contributed by atoms with van der Waals surface area (Å²) >= 11 is 0. The van der Waals surface area contributed by atoms with Crippen LogP contribution < -0.4 is 9.47 Å². The second-order valence-corrected chi connectivity index (χ2v) is 9.02. The van der Waals surface area contributed by atoms with Gasteiger partial charge in [-0.15, -0.1) is 5.10 Å². The Morgan fingerprint density at radius 1 is 0.857 bits per heavy atom. The fourth-order valence-electron chi connectivity index (χ4n) is 3.76. The molecule has 0 aliphatic carbocycles. The first-order chi connectivity index (χ1) is 13.4. The molecule has 0 saturated heterocycles. The molecule has 1 aliphatic heterocycles. The number of aromatic nitrogens is 3. The van der Waals surface area contributed by atoms with Crippen LogP contribution in [0.3, 0.4) is 0 Å². The molecule has 28 heavy (non-hydrogen) atoms. The van der Waals surface area contributed by atoms with E-state index in [-0.39, 0.29) is 10.8 Å². The number of hydrogen-bond donors (Lipinski definition) is 1. The summed E-state index contributed by atoms with van der Waals surface area (Å²) in [6.45, 7) is 10.7. The number of fused-ring (bicyclic) bond motifs is 2. The molecule has 0 fully saturated rings. The van der Waals surface area contributed by atoms with Gasteiger partial charge in [-0.3, -0.25) is 5.10 Å². The van der Waals surface area contributed by atoms with Crippen molar-refractivity contribution in [1.29, 1.82) is 0 Å². The third-order valence-electron chi connectivity index (χ3n) is 6.01. The van der Waals surface area contributed by atoms with E-state index < -0.39 is 0 Å². The average molecular weight is 380 g/mol. The maximum atomic E-state index is 5.89. The maximum absolute atomic E-state index is 5.89. The SMILES string of the molecule is CC(C)(CCC(C)(C)c1ccc2nn[nH]c2c1)c1ccc2c(c1)OCCCO2. The first kappa shape index (κ1) is 18.8.